The fraction of sp³-hybridized carbons (Fsp3) is 0.167. The summed E-state index contributed by atoms with van der Waals surface area (Å²) >= 11 is 3.04. The SMILES string of the molecule is CCn1c(SCc2cccc3cccnc23)nc2ccsc2c1=O. The molecule has 0 aliphatic heterocycles. The molecule has 6 heteroatoms. The van der Waals surface area contributed by atoms with E-state index >= 15 is 0 Å². The van der Waals surface area contributed by atoms with Gasteiger partial charge in [-0.2, -0.15) is 0 Å². The molecule has 0 N–H and O–H groups in total. The minimum Gasteiger partial charge on any atom is -0.287 e. The second-order valence-corrected chi connectivity index (χ2v) is 7.22. The largest absolute Gasteiger partial charge is 0.287 e. The molecule has 0 aliphatic rings. The Hall–Kier alpha value is -2.18. The molecule has 24 heavy (non-hydrogen) atoms. The summed E-state index contributed by atoms with van der Waals surface area (Å²) in [6.45, 7) is 2.60. The van der Waals surface area contributed by atoms with Gasteiger partial charge in [0.2, 0.25) is 0 Å². The van der Waals surface area contributed by atoms with Crippen molar-refractivity contribution in [3.8, 4) is 0 Å². The van der Waals surface area contributed by atoms with Crippen molar-refractivity contribution in [2.75, 3.05) is 0 Å². The second-order valence-electron chi connectivity index (χ2n) is 5.36. The van der Waals surface area contributed by atoms with Crippen LogP contribution in [0.1, 0.15) is 12.5 Å². The van der Waals surface area contributed by atoms with Crippen molar-refractivity contribution >= 4 is 44.2 Å². The van der Waals surface area contributed by atoms with Gasteiger partial charge in [-0.25, -0.2) is 4.98 Å². The summed E-state index contributed by atoms with van der Waals surface area (Å²) in [5, 5.41) is 3.81. The molecule has 4 aromatic rings. The first kappa shape index (κ1) is 15.4. The van der Waals surface area contributed by atoms with Crippen LogP contribution in [0.3, 0.4) is 0 Å². The van der Waals surface area contributed by atoms with E-state index in [9.17, 15) is 4.79 Å². The molecule has 0 atom stereocenters. The van der Waals surface area contributed by atoms with Gasteiger partial charge in [0.05, 0.1) is 11.0 Å². The lowest BCUT2D eigenvalue weighted by atomic mass is 10.1. The van der Waals surface area contributed by atoms with Crippen molar-refractivity contribution < 1.29 is 0 Å². The van der Waals surface area contributed by atoms with Gasteiger partial charge in [-0.3, -0.25) is 14.3 Å². The zero-order chi connectivity index (χ0) is 16.5. The average molecular weight is 353 g/mol. The number of aromatic nitrogens is 3. The van der Waals surface area contributed by atoms with Crippen molar-refractivity contribution in [2.24, 2.45) is 0 Å². The van der Waals surface area contributed by atoms with E-state index in [-0.39, 0.29) is 5.56 Å². The number of fused-ring (bicyclic) bond motifs is 2. The fourth-order valence-corrected chi connectivity index (χ4v) is 4.57. The number of para-hydroxylation sites is 1. The second kappa shape index (κ2) is 6.37. The predicted octanol–water partition coefficient (Wildman–Crippen LogP) is 4.32. The predicted molar refractivity (Wildman–Crippen MR) is 101 cm³/mol. The van der Waals surface area contributed by atoms with E-state index in [1.165, 1.54) is 11.3 Å². The molecule has 0 unspecified atom stereocenters. The minimum atomic E-state index is 0.0519. The summed E-state index contributed by atoms with van der Waals surface area (Å²) in [4.78, 5) is 21.7. The summed E-state index contributed by atoms with van der Waals surface area (Å²) in [7, 11) is 0. The smallest absolute Gasteiger partial charge is 0.272 e. The first-order valence-electron chi connectivity index (χ1n) is 7.71. The summed E-state index contributed by atoms with van der Waals surface area (Å²) < 4.78 is 2.48. The maximum Gasteiger partial charge on any atom is 0.272 e. The third-order valence-corrected chi connectivity index (χ3v) is 5.84. The molecule has 0 spiro atoms. The molecule has 1 aromatic carbocycles. The van der Waals surface area contributed by atoms with Crippen molar-refractivity contribution in [1.82, 2.24) is 14.5 Å². The molecule has 0 saturated carbocycles. The maximum atomic E-state index is 12.6. The van der Waals surface area contributed by atoms with E-state index < -0.39 is 0 Å². The standard InChI is InChI=1S/C18H15N3OS2/c1-2-21-17(22)16-14(8-10-23-16)20-18(21)24-11-13-6-3-5-12-7-4-9-19-15(12)13/h3-10H,2,11H2,1H3. The highest BCUT2D eigenvalue weighted by Crippen LogP contribution is 2.26. The van der Waals surface area contributed by atoms with Crippen LogP contribution >= 0.6 is 23.1 Å². The lowest BCUT2D eigenvalue weighted by molar-refractivity contribution is 0.635. The third kappa shape index (κ3) is 2.61. The van der Waals surface area contributed by atoms with E-state index in [0.717, 1.165) is 37.6 Å². The van der Waals surface area contributed by atoms with Gasteiger partial charge in [0.15, 0.2) is 5.16 Å². The van der Waals surface area contributed by atoms with E-state index in [1.54, 1.807) is 16.3 Å². The number of thiophene rings is 1. The Morgan fingerprint density at radius 1 is 1.21 bits per heavy atom. The highest BCUT2D eigenvalue weighted by molar-refractivity contribution is 7.98. The Balaban J connectivity index is 1.73. The van der Waals surface area contributed by atoms with E-state index in [2.05, 4.69) is 28.2 Å². The van der Waals surface area contributed by atoms with Crippen molar-refractivity contribution in [1.29, 1.82) is 0 Å². The van der Waals surface area contributed by atoms with Gasteiger partial charge in [0, 0.05) is 23.9 Å². The first-order valence-corrected chi connectivity index (χ1v) is 9.58. The molecular weight excluding hydrogens is 338 g/mol. The Labute approximate surface area is 147 Å². The van der Waals surface area contributed by atoms with Crippen LogP contribution in [-0.2, 0) is 12.3 Å². The number of hydrogen-bond acceptors (Lipinski definition) is 5. The minimum absolute atomic E-state index is 0.0519. The average Bonchev–Trinajstić information content (AvgIpc) is 3.09. The highest BCUT2D eigenvalue weighted by Gasteiger charge is 2.12. The van der Waals surface area contributed by atoms with Gasteiger partial charge in [0.1, 0.15) is 4.70 Å². The third-order valence-electron chi connectivity index (χ3n) is 3.92. The van der Waals surface area contributed by atoms with Crippen LogP contribution in [0, 0.1) is 0 Å². The molecule has 4 rings (SSSR count). The number of benzene rings is 1. The molecule has 120 valence electrons. The molecule has 4 nitrogen and oxygen atoms in total. The molecule has 0 amide bonds. The zero-order valence-corrected chi connectivity index (χ0v) is 14.7. The number of thioether (sulfide) groups is 1. The van der Waals surface area contributed by atoms with E-state index in [4.69, 9.17) is 0 Å². The normalized spacial score (nSPS) is 11.4. The lowest BCUT2D eigenvalue weighted by Crippen LogP contribution is -2.21. The van der Waals surface area contributed by atoms with Gasteiger partial charge in [-0.15, -0.1) is 11.3 Å². The molecule has 0 fully saturated rings. The van der Waals surface area contributed by atoms with Crippen molar-refractivity contribution in [3.63, 3.8) is 0 Å². The summed E-state index contributed by atoms with van der Waals surface area (Å²) in [6.07, 6.45) is 1.81. The van der Waals surface area contributed by atoms with Gasteiger partial charge in [0.25, 0.3) is 5.56 Å². The molecular formula is C18H15N3OS2. The summed E-state index contributed by atoms with van der Waals surface area (Å²) in [5.41, 5.74) is 3.00. The number of pyridine rings is 1. The lowest BCUT2D eigenvalue weighted by Gasteiger charge is -2.10. The number of hydrogen-bond donors (Lipinski definition) is 0. The van der Waals surface area contributed by atoms with Crippen LogP contribution < -0.4 is 5.56 Å². The van der Waals surface area contributed by atoms with Crippen molar-refractivity contribution in [2.45, 2.75) is 24.4 Å². The Kier molecular flexibility index (Phi) is 4.08. The van der Waals surface area contributed by atoms with Crippen LogP contribution in [0.2, 0.25) is 0 Å². The molecule has 0 radical (unpaired) electrons. The topological polar surface area (TPSA) is 47.8 Å². The van der Waals surface area contributed by atoms with Gasteiger partial charge in [-0.05, 0) is 30.0 Å². The number of rotatable bonds is 4. The monoisotopic (exact) mass is 353 g/mol. The quantitative estimate of drug-likeness (QED) is 0.405. The summed E-state index contributed by atoms with van der Waals surface area (Å²) in [6, 6.07) is 12.1. The Bertz CT molecular complexity index is 1080. The van der Waals surface area contributed by atoms with Crippen LogP contribution in [0.5, 0.6) is 0 Å². The molecule has 0 aliphatic carbocycles. The molecule has 0 saturated heterocycles. The zero-order valence-electron chi connectivity index (χ0n) is 13.1. The number of nitrogens with zero attached hydrogens (tertiary/aromatic N) is 3. The maximum absolute atomic E-state index is 12.6. The molecule has 0 bridgehead atoms. The van der Waals surface area contributed by atoms with Crippen molar-refractivity contribution in [3.05, 3.63) is 63.9 Å². The Morgan fingerprint density at radius 2 is 2.08 bits per heavy atom. The van der Waals surface area contributed by atoms with Crippen LogP contribution in [0.15, 0.2) is 57.9 Å². The first-order chi connectivity index (χ1) is 11.8. The highest BCUT2D eigenvalue weighted by atomic mass is 32.2. The fourth-order valence-electron chi connectivity index (χ4n) is 2.74. The molecule has 3 aromatic heterocycles. The van der Waals surface area contributed by atoms with Crippen LogP contribution in [0.4, 0.5) is 0 Å². The van der Waals surface area contributed by atoms with Gasteiger partial charge >= 0.3 is 0 Å². The summed E-state index contributed by atoms with van der Waals surface area (Å²) in [5.74, 6) is 0.733. The van der Waals surface area contributed by atoms with Gasteiger partial charge < -0.3 is 0 Å². The van der Waals surface area contributed by atoms with Crippen LogP contribution in [-0.4, -0.2) is 14.5 Å². The van der Waals surface area contributed by atoms with E-state index in [1.807, 2.05) is 36.7 Å². The van der Waals surface area contributed by atoms with Crippen LogP contribution in [0.25, 0.3) is 21.1 Å². The Morgan fingerprint density at radius 3 is 2.96 bits per heavy atom. The van der Waals surface area contributed by atoms with E-state index in [0.29, 0.717) is 6.54 Å². The molecule has 3 heterocycles. The van der Waals surface area contributed by atoms with Gasteiger partial charge in [-0.1, -0.05) is 36.0 Å².